The van der Waals surface area contributed by atoms with Crippen LogP contribution in [0.1, 0.15) is 23.0 Å². The molecular formula is C20H21N3O2. The summed E-state index contributed by atoms with van der Waals surface area (Å²) in [6.07, 6.45) is 3.89. The lowest BCUT2D eigenvalue weighted by Gasteiger charge is -2.19. The molecule has 0 aliphatic carbocycles. The normalized spacial score (nSPS) is 11.8. The number of aryl methyl sites for hydroxylation is 1. The Balaban J connectivity index is 1.80. The van der Waals surface area contributed by atoms with E-state index in [0.29, 0.717) is 0 Å². The van der Waals surface area contributed by atoms with Gasteiger partial charge in [-0.25, -0.2) is 4.98 Å². The fourth-order valence-electron chi connectivity index (χ4n) is 2.78. The fraction of sp³-hybridized carbons (Fsp3) is 0.200. The number of benzene rings is 2. The van der Waals surface area contributed by atoms with Crippen LogP contribution in [0.25, 0.3) is 0 Å². The van der Waals surface area contributed by atoms with Crippen molar-refractivity contribution in [3.8, 4) is 5.75 Å². The van der Waals surface area contributed by atoms with Gasteiger partial charge in [0.2, 0.25) is 5.91 Å². The van der Waals surface area contributed by atoms with Crippen LogP contribution in [-0.2, 0) is 18.3 Å². The predicted molar refractivity (Wildman–Crippen MR) is 96.3 cm³/mol. The Bertz CT molecular complexity index is 843. The summed E-state index contributed by atoms with van der Waals surface area (Å²) in [6.45, 7) is 0. The van der Waals surface area contributed by atoms with Crippen LogP contribution in [0.15, 0.2) is 67.0 Å². The Hall–Kier alpha value is -3.08. The molecule has 0 saturated carbocycles. The van der Waals surface area contributed by atoms with Crippen molar-refractivity contribution in [1.82, 2.24) is 14.9 Å². The van der Waals surface area contributed by atoms with Gasteiger partial charge in [-0.2, -0.15) is 0 Å². The number of amides is 1. The number of nitrogens with one attached hydrogen (secondary N) is 1. The molecule has 0 aliphatic heterocycles. The summed E-state index contributed by atoms with van der Waals surface area (Å²) in [5.41, 5.74) is 1.90. The fourth-order valence-corrected chi connectivity index (χ4v) is 2.78. The van der Waals surface area contributed by atoms with Gasteiger partial charge in [0.1, 0.15) is 17.6 Å². The van der Waals surface area contributed by atoms with E-state index in [2.05, 4.69) is 10.3 Å². The quantitative estimate of drug-likeness (QED) is 0.753. The summed E-state index contributed by atoms with van der Waals surface area (Å²) in [5.74, 6) is 1.48. The van der Waals surface area contributed by atoms with E-state index >= 15 is 0 Å². The number of rotatable bonds is 6. The molecule has 0 radical (unpaired) electrons. The van der Waals surface area contributed by atoms with E-state index in [1.54, 1.807) is 13.3 Å². The van der Waals surface area contributed by atoms with E-state index in [1.165, 1.54) is 0 Å². The largest absolute Gasteiger partial charge is 0.497 e. The second-order valence-corrected chi connectivity index (χ2v) is 5.84. The summed E-state index contributed by atoms with van der Waals surface area (Å²) in [4.78, 5) is 17.0. The lowest BCUT2D eigenvalue weighted by molar-refractivity contribution is -0.121. The molecule has 1 unspecified atom stereocenters. The summed E-state index contributed by atoms with van der Waals surface area (Å²) in [7, 11) is 3.54. The first-order chi connectivity index (χ1) is 12.2. The molecule has 3 aromatic rings. The molecule has 1 atom stereocenters. The van der Waals surface area contributed by atoms with E-state index in [4.69, 9.17) is 4.74 Å². The lowest BCUT2D eigenvalue weighted by Crippen LogP contribution is -2.32. The average molecular weight is 335 g/mol. The number of carbonyl (C=O) groups is 1. The smallest absolute Gasteiger partial charge is 0.225 e. The minimum atomic E-state index is -0.292. The number of imidazole rings is 1. The van der Waals surface area contributed by atoms with Gasteiger partial charge in [0.25, 0.3) is 0 Å². The van der Waals surface area contributed by atoms with Crippen molar-refractivity contribution < 1.29 is 9.53 Å². The molecule has 0 saturated heterocycles. The Morgan fingerprint density at radius 1 is 1.20 bits per heavy atom. The van der Waals surface area contributed by atoms with Gasteiger partial charge in [0, 0.05) is 19.4 Å². The summed E-state index contributed by atoms with van der Waals surface area (Å²) < 4.78 is 7.14. The summed E-state index contributed by atoms with van der Waals surface area (Å²) >= 11 is 0. The molecule has 1 aromatic heterocycles. The highest BCUT2D eigenvalue weighted by Crippen LogP contribution is 2.20. The van der Waals surface area contributed by atoms with Crippen LogP contribution in [-0.4, -0.2) is 22.6 Å². The van der Waals surface area contributed by atoms with Gasteiger partial charge in [-0.15, -0.1) is 0 Å². The number of aromatic nitrogens is 2. The van der Waals surface area contributed by atoms with E-state index in [-0.39, 0.29) is 18.4 Å². The topological polar surface area (TPSA) is 56.1 Å². The standard InChI is InChI=1S/C20H21N3O2/c1-23-12-11-21-20(23)19(16-8-4-3-5-9-16)22-18(24)14-15-7-6-10-17(13-15)25-2/h3-13,19H,14H2,1-2H3,(H,22,24). The molecule has 128 valence electrons. The number of ether oxygens (including phenoxy) is 1. The van der Waals surface area contributed by atoms with E-state index in [1.807, 2.05) is 72.4 Å². The highest BCUT2D eigenvalue weighted by molar-refractivity contribution is 5.79. The third-order valence-corrected chi connectivity index (χ3v) is 4.05. The Kier molecular flexibility index (Phi) is 5.14. The highest BCUT2D eigenvalue weighted by atomic mass is 16.5. The van der Waals surface area contributed by atoms with E-state index in [9.17, 15) is 4.79 Å². The molecule has 5 nitrogen and oxygen atoms in total. The predicted octanol–water partition coefficient (Wildman–Crippen LogP) is 2.88. The third-order valence-electron chi connectivity index (χ3n) is 4.05. The molecule has 3 rings (SSSR count). The van der Waals surface area contributed by atoms with Crippen molar-refractivity contribution >= 4 is 5.91 Å². The molecule has 0 bridgehead atoms. The SMILES string of the molecule is COc1cccc(CC(=O)NC(c2ccccc2)c2nccn2C)c1. The Morgan fingerprint density at radius 3 is 2.68 bits per heavy atom. The number of carbonyl (C=O) groups excluding carboxylic acids is 1. The molecule has 1 N–H and O–H groups in total. The Morgan fingerprint density at radius 2 is 2.00 bits per heavy atom. The van der Waals surface area contributed by atoms with Crippen molar-refractivity contribution in [2.75, 3.05) is 7.11 Å². The van der Waals surface area contributed by atoms with E-state index in [0.717, 1.165) is 22.7 Å². The zero-order valence-electron chi connectivity index (χ0n) is 14.3. The summed E-state index contributed by atoms with van der Waals surface area (Å²) in [5, 5.41) is 3.10. The second-order valence-electron chi connectivity index (χ2n) is 5.84. The maximum absolute atomic E-state index is 12.6. The average Bonchev–Trinajstić information content (AvgIpc) is 3.06. The second kappa shape index (κ2) is 7.66. The van der Waals surface area contributed by atoms with Crippen LogP contribution in [0.5, 0.6) is 5.75 Å². The molecule has 1 heterocycles. The minimum Gasteiger partial charge on any atom is -0.497 e. The van der Waals surface area contributed by atoms with Crippen molar-refractivity contribution in [2.45, 2.75) is 12.5 Å². The monoisotopic (exact) mass is 335 g/mol. The van der Waals surface area contributed by atoms with Crippen LogP contribution < -0.4 is 10.1 Å². The van der Waals surface area contributed by atoms with Gasteiger partial charge >= 0.3 is 0 Å². The van der Waals surface area contributed by atoms with Crippen LogP contribution >= 0.6 is 0 Å². The first-order valence-corrected chi connectivity index (χ1v) is 8.12. The molecule has 25 heavy (non-hydrogen) atoms. The zero-order chi connectivity index (χ0) is 17.6. The maximum Gasteiger partial charge on any atom is 0.225 e. The van der Waals surface area contributed by atoms with Crippen LogP contribution in [0, 0.1) is 0 Å². The molecule has 5 heteroatoms. The maximum atomic E-state index is 12.6. The molecule has 1 amide bonds. The van der Waals surface area contributed by atoms with Gasteiger partial charge in [-0.3, -0.25) is 4.79 Å². The number of nitrogens with zero attached hydrogens (tertiary/aromatic N) is 2. The van der Waals surface area contributed by atoms with Crippen LogP contribution in [0.4, 0.5) is 0 Å². The first-order valence-electron chi connectivity index (χ1n) is 8.12. The molecule has 2 aromatic carbocycles. The van der Waals surface area contributed by atoms with Crippen molar-refractivity contribution in [2.24, 2.45) is 7.05 Å². The molecule has 0 spiro atoms. The third kappa shape index (κ3) is 4.07. The number of methoxy groups -OCH3 is 1. The van der Waals surface area contributed by atoms with Crippen LogP contribution in [0.2, 0.25) is 0 Å². The highest BCUT2D eigenvalue weighted by Gasteiger charge is 2.20. The van der Waals surface area contributed by atoms with Crippen LogP contribution in [0.3, 0.4) is 0 Å². The lowest BCUT2D eigenvalue weighted by atomic mass is 10.1. The Labute approximate surface area is 147 Å². The number of hydrogen-bond acceptors (Lipinski definition) is 3. The van der Waals surface area contributed by atoms with Crippen molar-refractivity contribution in [3.05, 3.63) is 83.9 Å². The molecular weight excluding hydrogens is 314 g/mol. The molecule has 0 aliphatic rings. The van der Waals surface area contributed by atoms with Gasteiger partial charge in [-0.05, 0) is 23.3 Å². The molecule has 0 fully saturated rings. The van der Waals surface area contributed by atoms with Gasteiger partial charge in [-0.1, -0.05) is 42.5 Å². The summed E-state index contributed by atoms with van der Waals surface area (Å²) in [6, 6.07) is 17.1. The van der Waals surface area contributed by atoms with Gasteiger partial charge in [0.15, 0.2) is 0 Å². The van der Waals surface area contributed by atoms with Crippen molar-refractivity contribution in [3.63, 3.8) is 0 Å². The van der Waals surface area contributed by atoms with Gasteiger partial charge < -0.3 is 14.6 Å². The number of hydrogen-bond donors (Lipinski definition) is 1. The first kappa shape index (κ1) is 16.8. The van der Waals surface area contributed by atoms with Gasteiger partial charge in [0.05, 0.1) is 13.5 Å². The van der Waals surface area contributed by atoms with E-state index < -0.39 is 0 Å². The zero-order valence-corrected chi connectivity index (χ0v) is 14.3. The minimum absolute atomic E-state index is 0.0647. The van der Waals surface area contributed by atoms with Crippen molar-refractivity contribution in [1.29, 1.82) is 0 Å².